The van der Waals surface area contributed by atoms with Crippen molar-refractivity contribution < 1.29 is 4.74 Å². The van der Waals surface area contributed by atoms with Crippen molar-refractivity contribution in [3.8, 4) is 0 Å². The minimum Gasteiger partial charge on any atom is -0.380 e. The van der Waals surface area contributed by atoms with Crippen LogP contribution in [-0.2, 0) is 4.74 Å². The molecular formula is C18H36N2O. The molecule has 0 aromatic heterocycles. The minimum atomic E-state index is 0.457. The lowest BCUT2D eigenvalue weighted by molar-refractivity contribution is -0.00281. The maximum atomic E-state index is 5.80. The summed E-state index contributed by atoms with van der Waals surface area (Å²) in [5.74, 6) is 0.869. The average molecular weight is 296 g/mol. The summed E-state index contributed by atoms with van der Waals surface area (Å²) in [4.78, 5) is 2.72. The molecule has 0 amide bonds. The number of nitrogens with one attached hydrogen (secondary N) is 1. The predicted molar refractivity (Wildman–Crippen MR) is 89.7 cm³/mol. The standard InChI is InChI=1S/C18H36N2O/c1-5-10-19-16-9-13-21-14-17(16)20-11-6-7-15(8-12-20)18(2,3)4/h15-17,19H,5-14H2,1-4H3. The van der Waals surface area contributed by atoms with Crippen LogP contribution in [-0.4, -0.2) is 49.8 Å². The van der Waals surface area contributed by atoms with Gasteiger partial charge in [0, 0.05) is 18.7 Å². The van der Waals surface area contributed by atoms with Crippen molar-refractivity contribution in [3.05, 3.63) is 0 Å². The number of hydrogen-bond acceptors (Lipinski definition) is 3. The van der Waals surface area contributed by atoms with Gasteiger partial charge >= 0.3 is 0 Å². The predicted octanol–water partition coefficient (Wildman–Crippen LogP) is 3.29. The topological polar surface area (TPSA) is 24.5 Å². The zero-order valence-electron chi connectivity index (χ0n) is 14.7. The molecule has 124 valence electrons. The first-order valence-electron chi connectivity index (χ1n) is 9.07. The van der Waals surface area contributed by atoms with E-state index in [4.69, 9.17) is 4.74 Å². The van der Waals surface area contributed by atoms with Gasteiger partial charge in [-0.05, 0) is 63.1 Å². The lowest BCUT2D eigenvalue weighted by atomic mass is 9.77. The summed E-state index contributed by atoms with van der Waals surface area (Å²) < 4.78 is 5.80. The van der Waals surface area contributed by atoms with Crippen LogP contribution in [0.2, 0.25) is 0 Å². The highest BCUT2D eigenvalue weighted by atomic mass is 16.5. The van der Waals surface area contributed by atoms with Gasteiger partial charge in [-0.25, -0.2) is 0 Å². The van der Waals surface area contributed by atoms with E-state index in [0.29, 0.717) is 17.5 Å². The van der Waals surface area contributed by atoms with Crippen molar-refractivity contribution in [1.29, 1.82) is 0 Å². The third-order valence-corrected chi connectivity index (χ3v) is 5.44. The molecule has 0 radical (unpaired) electrons. The molecule has 3 nitrogen and oxygen atoms in total. The van der Waals surface area contributed by atoms with E-state index in [1.807, 2.05) is 0 Å². The summed E-state index contributed by atoms with van der Waals surface area (Å²) in [5.41, 5.74) is 0.457. The van der Waals surface area contributed by atoms with E-state index in [0.717, 1.165) is 25.7 Å². The van der Waals surface area contributed by atoms with E-state index in [1.165, 1.54) is 45.2 Å². The van der Waals surface area contributed by atoms with Crippen molar-refractivity contribution in [3.63, 3.8) is 0 Å². The molecule has 1 N–H and O–H groups in total. The van der Waals surface area contributed by atoms with Crippen LogP contribution in [0, 0.1) is 11.3 Å². The summed E-state index contributed by atoms with van der Waals surface area (Å²) in [6.45, 7) is 15.0. The van der Waals surface area contributed by atoms with Gasteiger partial charge in [0.05, 0.1) is 6.61 Å². The fraction of sp³-hybridized carbons (Fsp3) is 1.00. The van der Waals surface area contributed by atoms with E-state index >= 15 is 0 Å². The Morgan fingerprint density at radius 3 is 2.67 bits per heavy atom. The first-order chi connectivity index (χ1) is 10.0. The van der Waals surface area contributed by atoms with Crippen LogP contribution in [0.25, 0.3) is 0 Å². The Bertz CT molecular complexity index is 300. The van der Waals surface area contributed by atoms with E-state index in [2.05, 4.69) is 37.9 Å². The first-order valence-corrected chi connectivity index (χ1v) is 9.07. The number of hydrogen-bond donors (Lipinski definition) is 1. The smallest absolute Gasteiger partial charge is 0.0637 e. The molecule has 2 rings (SSSR count). The molecule has 0 spiro atoms. The van der Waals surface area contributed by atoms with Crippen molar-refractivity contribution in [2.45, 2.75) is 71.9 Å². The van der Waals surface area contributed by atoms with Gasteiger partial charge in [0.15, 0.2) is 0 Å². The van der Waals surface area contributed by atoms with Crippen molar-refractivity contribution in [2.24, 2.45) is 11.3 Å². The van der Waals surface area contributed by atoms with Crippen molar-refractivity contribution >= 4 is 0 Å². The zero-order valence-corrected chi connectivity index (χ0v) is 14.7. The third kappa shape index (κ3) is 4.94. The highest BCUT2D eigenvalue weighted by Gasteiger charge is 2.33. The normalized spacial score (nSPS) is 32.9. The fourth-order valence-electron chi connectivity index (χ4n) is 3.97. The molecule has 2 aliphatic heterocycles. The monoisotopic (exact) mass is 296 g/mol. The highest BCUT2D eigenvalue weighted by Crippen LogP contribution is 2.35. The quantitative estimate of drug-likeness (QED) is 0.861. The summed E-state index contributed by atoms with van der Waals surface area (Å²) in [6, 6.07) is 1.22. The van der Waals surface area contributed by atoms with Crippen molar-refractivity contribution in [2.75, 3.05) is 32.8 Å². The van der Waals surface area contributed by atoms with E-state index in [1.54, 1.807) is 0 Å². The SMILES string of the molecule is CCCNC1CCOCC1N1CCCC(C(C)(C)C)CC1. The summed E-state index contributed by atoms with van der Waals surface area (Å²) in [6.07, 6.45) is 6.47. The molecule has 3 heteroatoms. The molecule has 0 aromatic carbocycles. The second kappa shape index (κ2) is 7.94. The van der Waals surface area contributed by atoms with Crippen molar-refractivity contribution in [1.82, 2.24) is 10.2 Å². The maximum Gasteiger partial charge on any atom is 0.0637 e. The van der Waals surface area contributed by atoms with Gasteiger partial charge in [-0.2, -0.15) is 0 Å². The molecule has 0 bridgehead atoms. The third-order valence-electron chi connectivity index (χ3n) is 5.44. The van der Waals surface area contributed by atoms with Gasteiger partial charge in [-0.3, -0.25) is 4.90 Å². The molecule has 0 aromatic rings. The second-order valence-corrected chi connectivity index (χ2v) is 8.02. The van der Waals surface area contributed by atoms with Crippen LogP contribution in [0.15, 0.2) is 0 Å². The van der Waals surface area contributed by atoms with Gasteiger partial charge < -0.3 is 10.1 Å². The average Bonchev–Trinajstić information content (AvgIpc) is 2.71. The zero-order chi connectivity index (χ0) is 15.3. The van der Waals surface area contributed by atoms with Crippen LogP contribution in [0.5, 0.6) is 0 Å². The van der Waals surface area contributed by atoms with E-state index < -0.39 is 0 Å². The molecule has 2 fully saturated rings. The Morgan fingerprint density at radius 2 is 1.95 bits per heavy atom. The van der Waals surface area contributed by atoms with Crippen LogP contribution in [0.3, 0.4) is 0 Å². The molecule has 3 atom stereocenters. The Morgan fingerprint density at radius 1 is 1.14 bits per heavy atom. The van der Waals surface area contributed by atoms with Gasteiger partial charge in [0.1, 0.15) is 0 Å². The Kier molecular flexibility index (Phi) is 6.51. The molecule has 2 saturated heterocycles. The minimum absolute atomic E-state index is 0.457. The summed E-state index contributed by atoms with van der Waals surface area (Å²) in [5, 5.41) is 3.76. The molecule has 2 aliphatic rings. The summed E-state index contributed by atoms with van der Waals surface area (Å²) >= 11 is 0. The van der Waals surface area contributed by atoms with Gasteiger partial charge in [-0.15, -0.1) is 0 Å². The molecule has 0 saturated carbocycles. The van der Waals surface area contributed by atoms with E-state index in [9.17, 15) is 0 Å². The molecule has 3 unspecified atom stereocenters. The highest BCUT2D eigenvalue weighted by molar-refractivity contribution is 4.89. The van der Waals surface area contributed by atoms with Crippen LogP contribution < -0.4 is 5.32 Å². The maximum absolute atomic E-state index is 5.80. The van der Waals surface area contributed by atoms with Crippen LogP contribution in [0.1, 0.15) is 59.8 Å². The first kappa shape index (κ1) is 17.2. The Labute approximate surface area is 131 Å². The second-order valence-electron chi connectivity index (χ2n) is 8.02. The molecule has 2 heterocycles. The number of nitrogens with zero attached hydrogens (tertiary/aromatic N) is 1. The largest absolute Gasteiger partial charge is 0.380 e. The van der Waals surface area contributed by atoms with Gasteiger partial charge in [0.2, 0.25) is 0 Å². The molecular weight excluding hydrogens is 260 g/mol. The fourth-order valence-corrected chi connectivity index (χ4v) is 3.97. The lowest BCUT2D eigenvalue weighted by Gasteiger charge is -2.40. The van der Waals surface area contributed by atoms with Gasteiger partial charge in [0.25, 0.3) is 0 Å². The number of ether oxygens (including phenoxy) is 1. The van der Waals surface area contributed by atoms with Crippen LogP contribution in [0.4, 0.5) is 0 Å². The Balaban J connectivity index is 1.93. The summed E-state index contributed by atoms with van der Waals surface area (Å²) in [7, 11) is 0. The van der Waals surface area contributed by atoms with Crippen LogP contribution >= 0.6 is 0 Å². The molecule has 0 aliphatic carbocycles. The number of likely N-dealkylation sites (tertiary alicyclic amines) is 1. The number of rotatable bonds is 4. The lowest BCUT2D eigenvalue weighted by Crippen LogP contribution is -2.55. The Hall–Kier alpha value is -0.120. The molecule has 21 heavy (non-hydrogen) atoms. The van der Waals surface area contributed by atoms with Gasteiger partial charge in [-0.1, -0.05) is 27.7 Å². The van der Waals surface area contributed by atoms with E-state index in [-0.39, 0.29) is 0 Å².